The minimum absolute atomic E-state index is 0.101. The third-order valence-corrected chi connectivity index (χ3v) is 7.12. The van der Waals surface area contributed by atoms with Crippen molar-refractivity contribution in [2.45, 2.75) is 37.3 Å². The first kappa shape index (κ1) is 20.6. The first-order chi connectivity index (χ1) is 15.7. The second kappa shape index (κ2) is 9.09. The molecule has 0 bridgehead atoms. The van der Waals surface area contributed by atoms with Gasteiger partial charge in [0.15, 0.2) is 5.88 Å². The number of benzene rings is 2. The molecule has 1 amide bonds. The molecule has 32 heavy (non-hydrogen) atoms. The minimum atomic E-state index is -0.101. The van der Waals surface area contributed by atoms with Gasteiger partial charge in [-0.05, 0) is 59.7 Å². The molecule has 0 fully saturated rings. The van der Waals surface area contributed by atoms with E-state index < -0.39 is 0 Å². The summed E-state index contributed by atoms with van der Waals surface area (Å²) in [6.07, 6.45) is 5.68. The predicted molar refractivity (Wildman–Crippen MR) is 129 cm³/mol. The number of fused-ring (bicyclic) bond motifs is 2. The van der Waals surface area contributed by atoms with Crippen molar-refractivity contribution in [2.75, 3.05) is 11.1 Å². The number of nitrogens with zero attached hydrogens (tertiary/aromatic N) is 2. The highest BCUT2D eigenvalue weighted by Crippen LogP contribution is 2.40. The van der Waals surface area contributed by atoms with Crippen LogP contribution in [0.1, 0.15) is 29.5 Å². The number of hydrogen-bond acceptors (Lipinski definition) is 4. The van der Waals surface area contributed by atoms with Crippen molar-refractivity contribution in [3.8, 4) is 5.88 Å². The van der Waals surface area contributed by atoms with Gasteiger partial charge >= 0.3 is 0 Å². The zero-order valence-electron chi connectivity index (χ0n) is 17.8. The normalized spacial score (nSPS) is 13.1. The van der Waals surface area contributed by atoms with Crippen molar-refractivity contribution < 1.29 is 9.90 Å². The maximum atomic E-state index is 12.6. The summed E-state index contributed by atoms with van der Waals surface area (Å²) >= 11 is 1.50. The van der Waals surface area contributed by atoms with Crippen molar-refractivity contribution >= 4 is 34.3 Å². The lowest BCUT2D eigenvalue weighted by molar-refractivity contribution is -0.113. The third kappa shape index (κ3) is 4.10. The number of nitrogens with one attached hydrogen (secondary N) is 1. The number of aromatic nitrogens is 2. The van der Waals surface area contributed by atoms with Crippen LogP contribution in [0.25, 0.3) is 10.8 Å². The first-order valence-corrected chi connectivity index (χ1v) is 11.9. The van der Waals surface area contributed by atoms with E-state index >= 15 is 0 Å². The van der Waals surface area contributed by atoms with Gasteiger partial charge in [-0.15, -0.1) is 0 Å². The molecule has 5 nitrogen and oxygen atoms in total. The number of aromatic hydroxyl groups is 1. The first-order valence-electron chi connectivity index (χ1n) is 10.9. The quantitative estimate of drug-likeness (QED) is 0.392. The van der Waals surface area contributed by atoms with Gasteiger partial charge in [-0.2, -0.15) is 0 Å². The molecule has 2 heterocycles. The molecule has 4 aromatic rings. The summed E-state index contributed by atoms with van der Waals surface area (Å²) in [6, 6.07) is 20.0. The van der Waals surface area contributed by atoms with Crippen LogP contribution < -0.4 is 5.32 Å². The van der Waals surface area contributed by atoms with Crippen LogP contribution in [0.15, 0.2) is 71.9 Å². The molecular weight excluding hydrogens is 418 g/mol. The maximum Gasteiger partial charge on any atom is 0.235 e. The second-order valence-corrected chi connectivity index (χ2v) is 9.03. The highest BCUT2D eigenvalue weighted by molar-refractivity contribution is 8.00. The summed E-state index contributed by atoms with van der Waals surface area (Å²) in [5, 5.41) is 17.3. The molecule has 0 spiro atoms. The van der Waals surface area contributed by atoms with Gasteiger partial charge < -0.3 is 15.0 Å². The summed E-state index contributed by atoms with van der Waals surface area (Å²) < 4.78 is 2.00. The third-order valence-electron chi connectivity index (χ3n) is 5.98. The zero-order chi connectivity index (χ0) is 21.9. The maximum absolute atomic E-state index is 12.6. The monoisotopic (exact) mass is 443 g/mol. The van der Waals surface area contributed by atoms with Gasteiger partial charge in [0.05, 0.1) is 17.3 Å². The van der Waals surface area contributed by atoms with Crippen molar-refractivity contribution in [1.29, 1.82) is 0 Å². The lowest BCUT2D eigenvalue weighted by Gasteiger charge is -2.14. The van der Waals surface area contributed by atoms with Crippen molar-refractivity contribution in [2.24, 2.45) is 0 Å². The molecule has 5 rings (SSSR count). The van der Waals surface area contributed by atoms with E-state index in [-0.39, 0.29) is 11.7 Å². The number of carbonyl (C=O) groups excluding carboxylic acids is 1. The number of carbonyl (C=O) groups is 1. The standard InChI is InChI=1S/C26H25N3O2S/c30-24(28-23-14-5-6-15-27-23)17-32-26-22-13-4-3-12-21(22)25(31)29(26)16-19-10-7-9-18-8-1-2-11-20(18)19/h1-2,5-11,14-15,31H,3-4,12-13,16-17H2,(H,27,28,30). The van der Waals surface area contributed by atoms with Crippen molar-refractivity contribution in [3.05, 3.63) is 83.6 Å². The van der Waals surface area contributed by atoms with Crippen LogP contribution in [-0.2, 0) is 24.2 Å². The number of anilines is 1. The van der Waals surface area contributed by atoms with Crippen LogP contribution in [-0.4, -0.2) is 26.3 Å². The number of pyridine rings is 1. The average Bonchev–Trinajstić information content (AvgIpc) is 3.09. The van der Waals surface area contributed by atoms with E-state index in [9.17, 15) is 9.90 Å². The summed E-state index contributed by atoms with van der Waals surface area (Å²) in [5.41, 5.74) is 3.40. The molecule has 2 aromatic heterocycles. The Labute approximate surface area is 191 Å². The molecule has 1 aliphatic carbocycles. The van der Waals surface area contributed by atoms with Crippen LogP contribution in [0, 0.1) is 0 Å². The summed E-state index contributed by atoms with van der Waals surface area (Å²) in [7, 11) is 0. The summed E-state index contributed by atoms with van der Waals surface area (Å²) in [5.74, 6) is 1.06. The lowest BCUT2D eigenvalue weighted by Crippen LogP contribution is -2.15. The molecule has 2 N–H and O–H groups in total. The van der Waals surface area contributed by atoms with Crippen LogP contribution in [0.3, 0.4) is 0 Å². The topological polar surface area (TPSA) is 67.2 Å². The number of hydrogen-bond donors (Lipinski definition) is 2. The smallest absolute Gasteiger partial charge is 0.235 e. The van der Waals surface area contributed by atoms with Crippen molar-refractivity contribution in [1.82, 2.24) is 9.55 Å². The van der Waals surface area contributed by atoms with Gasteiger partial charge in [0, 0.05) is 11.8 Å². The average molecular weight is 444 g/mol. The minimum Gasteiger partial charge on any atom is -0.494 e. The lowest BCUT2D eigenvalue weighted by atomic mass is 9.95. The van der Waals surface area contributed by atoms with Gasteiger partial charge in [-0.1, -0.05) is 60.3 Å². The summed E-state index contributed by atoms with van der Waals surface area (Å²) in [4.78, 5) is 16.7. The Kier molecular flexibility index (Phi) is 5.86. The molecule has 0 atom stereocenters. The number of rotatable bonds is 6. The highest BCUT2D eigenvalue weighted by atomic mass is 32.2. The molecule has 6 heteroatoms. The van der Waals surface area contributed by atoms with E-state index in [4.69, 9.17) is 0 Å². The molecule has 0 saturated carbocycles. The van der Waals surface area contributed by atoms with Crippen LogP contribution in [0.4, 0.5) is 5.82 Å². The van der Waals surface area contributed by atoms with E-state index in [1.807, 2.05) is 28.8 Å². The fourth-order valence-electron chi connectivity index (χ4n) is 4.47. The van der Waals surface area contributed by atoms with Gasteiger partial charge in [0.2, 0.25) is 5.91 Å². The second-order valence-electron chi connectivity index (χ2n) is 8.07. The summed E-state index contributed by atoms with van der Waals surface area (Å²) in [6.45, 7) is 0.574. The van der Waals surface area contributed by atoms with Crippen LogP contribution >= 0.6 is 11.8 Å². The van der Waals surface area contributed by atoms with E-state index in [0.717, 1.165) is 41.8 Å². The Morgan fingerprint density at radius 2 is 1.78 bits per heavy atom. The SMILES string of the molecule is O=C(CSc1c2c(c(O)n1Cc1cccc3ccccc13)CCCC2)Nc1ccccn1. The van der Waals surface area contributed by atoms with Crippen LogP contribution in [0.5, 0.6) is 5.88 Å². The van der Waals surface area contributed by atoms with Crippen LogP contribution in [0.2, 0.25) is 0 Å². The van der Waals surface area contributed by atoms with Gasteiger partial charge in [-0.25, -0.2) is 4.98 Å². The van der Waals surface area contributed by atoms with Crippen molar-refractivity contribution in [3.63, 3.8) is 0 Å². The Morgan fingerprint density at radius 3 is 2.62 bits per heavy atom. The molecule has 0 radical (unpaired) electrons. The highest BCUT2D eigenvalue weighted by Gasteiger charge is 2.25. The predicted octanol–water partition coefficient (Wildman–Crippen LogP) is 5.40. The van der Waals surface area contributed by atoms with E-state index in [2.05, 4.69) is 40.6 Å². The van der Waals surface area contributed by atoms with Gasteiger partial charge in [0.1, 0.15) is 5.82 Å². The molecule has 1 aliphatic rings. The van der Waals surface area contributed by atoms with E-state index in [1.54, 1.807) is 12.3 Å². The largest absolute Gasteiger partial charge is 0.494 e. The number of amides is 1. The van der Waals surface area contributed by atoms with E-state index in [1.165, 1.54) is 28.1 Å². The Balaban J connectivity index is 1.45. The molecular formula is C26H25N3O2S. The fourth-order valence-corrected chi connectivity index (χ4v) is 5.52. The van der Waals surface area contributed by atoms with Gasteiger partial charge in [-0.3, -0.25) is 4.79 Å². The zero-order valence-corrected chi connectivity index (χ0v) is 18.6. The molecule has 162 valence electrons. The molecule has 0 saturated heterocycles. The van der Waals surface area contributed by atoms with Gasteiger partial charge in [0.25, 0.3) is 0 Å². The molecule has 0 unspecified atom stereocenters. The Morgan fingerprint density at radius 1 is 1.00 bits per heavy atom. The number of thioether (sulfide) groups is 1. The Bertz CT molecular complexity index is 1260. The molecule has 2 aromatic carbocycles. The molecule has 0 aliphatic heterocycles. The fraction of sp³-hybridized carbons (Fsp3) is 0.231. The van der Waals surface area contributed by atoms with E-state index in [0.29, 0.717) is 18.2 Å². The Hall–Kier alpha value is -3.25.